The van der Waals surface area contributed by atoms with Crippen LogP contribution in [0.5, 0.6) is 5.75 Å². The van der Waals surface area contributed by atoms with Crippen LogP contribution in [0.3, 0.4) is 0 Å². The number of thioether (sulfide) groups is 1. The van der Waals surface area contributed by atoms with E-state index in [0.717, 1.165) is 16.2 Å². The van der Waals surface area contributed by atoms with E-state index in [1.165, 1.54) is 23.9 Å². The SMILES string of the molecule is OCSc1ccc(OCc2ccc(F)cc2)cc1. The standard InChI is InChI=1S/C14H13FO2S/c15-12-3-1-11(2-4-12)9-17-13-5-7-14(8-6-13)18-10-16/h1-8,16H,9-10H2. The molecular formula is C14H13FO2S. The van der Waals surface area contributed by atoms with Crippen molar-refractivity contribution in [1.29, 1.82) is 0 Å². The lowest BCUT2D eigenvalue weighted by molar-refractivity contribution is 0.306. The zero-order valence-corrected chi connectivity index (χ0v) is 10.5. The Morgan fingerprint density at radius 1 is 1.00 bits per heavy atom. The summed E-state index contributed by atoms with van der Waals surface area (Å²) < 4.78 is 18.3. The third-order valence-electron chi connectivity index (χ3n) is 2.37. The molecule has 0 spiro atoms. The van der Waals surface area contributed by atoms with E-state index < -0.39 is 0 Å². The highest BCUT2D eigenvalue weighted by atomic mass is 32.2. The van der Waals surface area contributed by atoms with Crippen LogP contribution in [0.4, 0.5) is 4.39 Å². The van der Waals surface area contributed by atoms with Crippen molar-refractivity contribution >= 4 is 11.8 Å². The molecule has 0 amide bonds. The smallest absolute Gasteiger partial charge is 0.123 e. The van der Waals surface area contributed by atoms with Crippen LogP contribution < -0.4 is 4.74 Å². The van der Waals surface area contributed by atoms with Gasteiger partial charge < -0.3 is 9.84 Å². The first-order valence-electron chi connectivity index (χ1n) is 5.49. The Morgan fingerprint density at radius 2 is 1.67 bits per heavy atom. The average molecular weight is 264 g/mol. The third-order valence-corrected chi connectivity index (χ3v) is 3.11. The van der Waals surface area contributed by atoms with Crippen LogP contribution in [0.1, 0.15) is 5.56 Å². The molecule has 1 N–H and O–H groups in total. The molecule has 0 atom stereocenters. The lowest BCUT2D eigenvalue weighted by atomic mass is 10.2. The summed E-state index contributed by atoms with van der Waals surface area (Å²) in [7, 11) is 0. The molecule has 2 aromatic carbocycles. The first-order chi connectivity index (χ1) is 8.78. The molecule has 0 fully saturated rings. The number of halogens is 1. The summed E-state index contributed by atoms with van der Waals surface area (Å²) in [5.41, 5.74) is 0.921. The van der Waals surface area contributed by atoms with E-state index in [-0.39, 0.29) is 11.8 Å². The van der Waals surface area contributed by atoms with Gasteiger partial charge in [-0.1, -0.05) is 23.9 Å². The van der Waals surface area contributed by atoms with Gasteiger partial charge in [0.2, 0.25) is 0 Å². The minimum absolute atomic E-state index is 0.0653. The van der Waals surface area contributed by atoms with Crippen LogP contribution in [0, 0.1) is 5.82 Å². The zero-order chi connectivity index (χ0) is 12.8. The Bertz CT molecular complexity index is 482. The lowest BCUT2D eigenvalue weighted by Crippen LogP contribution is -1.95. The summed E-state index contributed by atoms with van der Waals surface area (Å²) in [5, 5.41) is 8.76. The minimum Gasteiger partial charge on any atom is -0.489 e. The van der Waals surface area contributed by atoms with Gasteiger partial charge in [0.25, 0.3) is 0 Å². The molecule has 94 valence electrons. The summed E-state index contributed by atoms with van der Waals surface area (Å²) in [4.78, 5) is 0.992. The number of benzene rings is 2. The molecule has 0 radical (unpaired) electrons. The number of hydrogen-bond acceptors (Lipinski definition) is 3. The monoisotopic (exact) mass is 264 g/mol. The summed E-state index contributed by atoms with van der Waals surface area (Å²) >= 11 is 1.36. The number of hydrogen-bond donors (Lipinski definition) is 1. The quantitative estimate of drug-likeness (QED) is 0.662. The van der Waals surface area contributed by atoms with Gasteiger partial charge in [0, 0.05) is 4.90 Å². The van der Waals surface area contributed by atoms with Crippen molar-refractivity contribution < 1.29 is 14.2 Å². The van der Waals surface area contributed by atoms with Crippen LogP contribution in [-0.4, -0.2) is 11.0 Å². The summed E-state index contributed by atoms with van der Waals surface area (Å²) in [6, 6.07) is 13.7. The molecule has 4 heteroatoms. The van der Waals surface area contributed by atoms with E-state index in [1.807, 2.05) is 24.3 Å². The fourth-order valence-corrected chi connectivity index (χ4v) is 1.93. The molecule has 2 rings (SSSR count). The molecule has 0 aromatic heterocycles. The van der Waals surface area contributed by atoms with E-state index in [2.05, 4.69) is 0 Å². The van der Waals surface area contributed by atoms with Crippen molar-refractivity contribution in [2.24, 2.45) is 0 Å². The molecule has 2 nitrogen and oxygen atoms in total. The summed E-state index contributed by atoms with van der Waals surface area (Å²) in [6.07, 6.45) is 0. The second-order valence-corrected chi connectivity index (χ2v) is 4.68. The Labute approximate surface area is 109 Å². The van der Waals surface area contributed by atoms with Gasteiger partial charge in [-0.25, -0.2) is 4.39 Å². The average Bonchev–Trinajstić information content (AvgIpc) is 2.40. The van der Waals surface area contributed by atoms with Crippen LogP contribution in [0.15, 0.2) is 53.4 Å². The molecule has 0 bridgehead atoms. The van der Waals surface area contributed by atoms with Gasteiger partial charge in [-0.2, -0.15) is 0 Å². The van der Waals surface area contributed by atoms with Gasteiger partial charge in [-0.05, 0) is 42.0 Å². The van der Waals surface area contributed by atoms with Gasteiger partial charge in [-0.15, -0.1) is 0 Å². The number of aliphatic hydroxyl groups is 1. The second kappa shape index (κ2) is 6.42. The molecule has 0 heterocycles. The molecule has 0 saturated carbocycles. The van der Waals surface area contributed by atoms with E-state index in [9.17, 15) is 4.39 Å². The Balaban J connectivity index is 1.91. The fraction of sp³-hybridized carbons (Fsp3) is 0.143. The van der Waals surface area contributed by atoms with Crippen LogP contribution in [0.25, 0.3) is 0 Å². The molecule has 18 heavy (non-hydrogen) atoms. The molecule has 0 saturated heterocycles. The topological polar surface area (TPSA) is 29.5 Å². The van der Waals surface area contributed by atoms with Gasteiger partial charge in [-0.3, -0.25) is 0 Å². The molecule has 2 aromatic rings. The molecule has 0 aliphatic rings. The Kier molecular flexibility index (Phi) is 4.61. The Morgan fingerprint density at radius 3 is 2.28 bits per heavy atom. The van der Waals surface area contributed by atoms with Crippen molar-refractivity contribution in [3.05, 3.63) is 59.9 Å². The van der Waals surface area contributed by atoms with E-state index in [4.69, 9.17) is 9.84 Å². The fourth-order valence-electron chi connectivity index (χ4n) is 1.45. The highest BCUT2D eigenvalue weighted by molar-refractivity contribution is 7.99. The van der Waals surface area contributed by atoms with Crippen molar-refractivity contribution in [2.75, 3.05) is 5.94 Å². The maximum Gasteiger partial charge on any atom is 0.123 e. The van der Waals surface area contributed by atoms with Crippen molar-refractivity contribution in [1.82, 2.24) is 0 Å². The van der Waals surface area contributed by atoms with Crippen LogP contribution in [-0.2, 0) is 6.61 Å². The normalized spacial score (nSPS) is 10.3. The van der Waals surface area contributed by atoms with Gasteiger partial charge in [0.1, 0.15) is 18.2 Å². The number of aliphatic hydroxyl groups excluding tert-OH is 1. The van der Waals surface area contributed by atoms with E-state index in [1.54, 1.807) is 12.1 Å². The number of rotatable bonds is 5. The molecular weight excluding hydrogens is 251 g/mol. The van der Waals surface area contributed by atoms with Crippen LogP contribution >= 0.6 is 11.8 Å². The predicted octanol–water partition coefficient (Wildman–Crippen LogP) is 3.45. The number of ether oxygens (including phenoxy) is 1. The zero-order valence-electron chi connectivity index (χ0n) is 9.67. The Hall–Kier alpha value is -1.52. The highest BCUT2D eigenvalue weighted by Gasteiger charge is 1.98. The summed E-state index contributed by atoms with van der Waals surface area (Å²) in [6.45, 7) is 0.409. The first kappa shape index (κ1) is 12.9. The maximum atomic E-state index is 12.7. The lowest BCUT2D eigenvalue weighted by Gasteiger charge is -2.07. The third kappa shape index (κ3) is 3.75. The highest BCUT2D eigenvalue weighted by Crippen LogP contribution is 2.21. The van der Waals surface area contributed by atoms with Crippen molar-refractivity contribution in [2.45, 2.75) is 11.5 Å². The molecule has 0 aliphatic carbocycles. The minimum atomic E-state index is -0.246. The van der Waals surface area contributed by atoms with Crippen molar-refractivity contribution in [3.63, 3.8) is 0 Å². The van der Waals surface area contributed by atoms with Crippen LogP contribution in [0.2, 0.25) is 0 Å². The molecule has 0 aliphatic heterocycles. The van der Waals surface area contributed by atoms with Crippen molar-refractivity contribution in [3.8, 4) is 5.75 Å². The first-order valence-corrected chi connectivity index (χ1v) is 6.47. The van der Waals surface area contributed by atoms with Gasteiger partial charge in [0.05, 0.1) is 5.94 Å². The van der Waals surface area contributed by atoms with Gasteiger partial charge in [0.15, 0.2) is 0 Å². The van der Waals surface area contributed by atoms with E-state index >= 15 is 0 Å². The second-order valence-electron chi connectivity index (χ2n) is 3.66. The largest absolute Gasteiger partial charge is 0.489 e. The van der Waals surface area contributed by atoms with Gasteiger partial charge >= 0.3 is 0 Å². The van der Waals surface area contributed by atoms with E-state index in [0.29, 0.717) is 6.61 Å². The molecule has 0 unspecified atom stereocenters. The summed E-state index contributed by atoms with van der Waals surface area (Å²) in [5.74, 6) is 0.571. The predicted molar refractivity (Wildman–Crippen MR) is 70.1 cm³/mol. The maximum absolute atomic E-state index is 12.7.